The Morgan fingerprint density at radius 2 is 1.90 bits per heavy atom. The molecule has 0 spiro atoms. The maximum absolute atomic E-state index is 9.09. The first-order valence-electron chi connectivity index (χ1n) is 6.75. The molecule has 0 aliphatic heterocycles. The number of hydrogen-bond donors (Lipinski definition) is 1. The van der Waals surface area contributed by atoms with Gasteiger partial charge in [0, 0.05) is 11.4 Å². The molecule has 108 valence electrons. The van der Waals surface area contributed by atoms with E-state index < -0.39 is 0 Å². The number of hydrogen-bond acceptors (Lipinski definition) is 4. The summed E-state index contributed by atoms with van der Waals surface area (Å²) in [4.78, 5) is 3.14. The molecule has 4 heteroatoms. The topological polar surface area (TPSA) is 32.7 Å². The molecule has 0 saturated carbocycles. The molecule has 1 heterocycles. The molecule has 0 radical (unpaired) electrons. The Morgan fingerprint density at radius 1 is 1.15 bits per heavy atom. The van der Waals surface area contributed by atoms with Crippen molar-refractivity contribution in [2.75, 3.05) is 27.2 Å². The van der Waals surface area contributed by atoms with Crippen LogP contribution in [-0.2, 0) is 6.61 Å². The number of benzene rings is 1. The van der Waals surface area contributed by atoms with Gasteiger partial charge in [0.2, 0.25) is 0 Å². The summed E-state index contributed by atoms with van der Waals surface area (Å²) in [6.07, 6.45) is 1.03. The maximum Gasteiger partial charge on any atom is 0.119 e. The largest absolute Gasteiger partial charge is 0.494 e. The van der Waals surface area contributed by atoms with Crippen LogP contribution < -0.4 is 4.74 Å². The van der Waals surface area contributed by atoms with E-state index in [4.69, 9.17) is 9.84 Å². The number of ether oxygens (including phenoxy) is 1. The minimum Gasteiger partial charge on any atom is -0.494 e. The highest BCUT2D eigenvalue weighted by atomic mass is 32.1. The molecule has 0 atom stereocenters. The molecule has 0 aliphatic rings. The van der Waals surface area contributed by atoms with E-state index in [0.29, 0.717) is 0 Å². The van der Waals surface area contributed by atoms with Gasteiger partial charge in [0.1, 0.15) is 5.75 Å². The molecule has 0 saturated heterocycles. The van der Waals surface area contributed by atoms with E-state index in [9.17, 15) is 0 Å². The SMILES string of the molecule is CN(C)CCCOc1ccc(-c2csc(CO)c2)cc1. The van der Waals surface area contributed by atoms with Gasteiger partial charge in [-0.15, -0.1) is 11.3 Å². The molecule has 0 bridgehead atoms. The van der Waals surface area contributed by atoms with Crippen LogP contribution in [0.15, 0.2) is 35.7 Å². The minimum absolute atomic E-state index is 0.109. The van der Waals surface area contributed by atoms with Crippen molar-refractivity contribution < 1.29 is 9.84 Å². The average Bonchev–Trinajstić information content (AvgIpc) is 2.93. The normalized spacial score (nSPS) is 11.0. The summed E-state index contributed by atoms with van der Waals surface area (Å²) in [5.41, 5.74) is 2.31. The second-order valence-corrected chi connectivity index (χ2v) is 5.99. The third-order valence-corrected chi connectivity index (χ3v) is 3.94. The zero-order valence-corrected chi connectivity index (χ0v) is 12.8. The Labute approximate surface area is 124 Å². The third-order valence-electron chi connectivity index (χ3n) is 3.02. The van der Waals surface area contributed by atoms with Crippen LogP contribution in [0.1, 0.15) is 11.3 Å². The van der Waals surface area contributed by atoms with Crippen LogP contribution in [0.3, 0.4) is 0 Å². The van der Waals surface area contributed by atoms with Crippen molar-refractivity contribution in [3.8, 4) is 16.9 Å². The van der Waals surface area contributed by atoms with E-state index in [-0.39, 0.29) is 6.61 Å². The first-order valence-corrected chi connectivity index (χ1v) is 7.63. The van der Waals surface area contributed by atoms with Crippen molar-refractivity contribution in [2.24, 2.45) is 0 Å². The Balaban J connectivity index is 1.89. The van der Waals surface area contributed by atoms with Crippen LogP contribution in [-0.4, -0.2) is 37.3 Å². The fourth-order valence-corrected chi connectivity index (χ4v) is 2.68. The summed E-state index contributed by atoms with van der Waals surface area (Å²) in [5, 5.41) is 11.2. The van der Waals surface area contributed by atoms with Crippen molar-refractivity contribution in [3.63, 3.8) is 0 Å². The third kappa shape index (κ3) is 4.34. The summed E-state index contributed by atoms with van der Waals surface area (Å²) in [6, 6.07) is 10.1. The van der Waals surface area contributed by atoms with E-state index in [1.54, 1.807) is 11.3 Å². The Bertz CT molecular complexity index is 520. The lowest BCUT2D eigenvalue weighted by molar-refractivity contribution is 0.281. The first kappa shape index (κ1) is 15.0. The predicted octanol–water partition coefficient (Wildman–Crippen LogP) is 3.24. The van der Waals surface area contributed by atoms with Crippen molar-refractivity contribution in [3.05, 3.63) is 40.6 Å². The van der Waals surface area contributed by atoms with Gasteiger partial charge in [-0.1, -0.05) is 12.1 Å². The lowest BCUT2D eigenvalue weighted by atomic mass is 10.1. The van der Waals surface area contributed by atoms with E-state index in [1.807, 2.05) is 18.2 Å². The van der Waals surface area contributed by atoms with Crippen LogP contribution in [0.25, 0.3) is 11.1 Å². The Hall–Kier alpha value is -1.36. The molecule has 3 nitrogen and oxygen atoms in total. The van der Waals surface area contributed by atoms with Crippen LogP contribution in [0.5, 0.6) is 5.75 Å². The van der Waals surface area contributed by atoms with Crippen molar-refractivity contribution in [1.82, 2.24) is 4.90 Å². The first-order chi connectivity index (χ1) is 9.69. The van der Waals surface area contributed by atoms with Gasteiger partial charge in [-0.2, -0.15) is 0 Å². The summed E-state index contributed by atoms with van der Waals surface area (Å²) in [6.45, 7) is 1.89. The monoisotopic (exact) mass is 291 g/mol. The maximum atomic E-state index is 9.09. The summed E-state index contributed by atoms with van der Waals surface area (Å²) in [7, 11) is 4.13. The molecule has 0 amide bonds. The predicted molar refractivity (Wildman–Crippen MR) is 84.3 cm³/mol. The fraction of sp³-hybridized carbons (Fsp3) is 0.375. The molecule has 0 aliphatic carbocycles. The lowest BCUT2D eigenvalue weighted by Crippen LogP contribution is -2.15. The van der Waals surface area contributed by atoms with Crippen LogP contribution in [0.2, 0.25) is 0 Å². The zero-order chi connectivity index (χ0) is 14.4. The number of rotatable bonds is 7. The molecule has 1 N–H and O–H groups in total. The van der Waals surface area contributed by atoms with E-state index in [1.165, 1.54) is 0 Å². The number of aliphatic hydroxyl groups excluding tert-OH is 1. The molecule has 2 aromatic rings. The highest BCUT2D eigenvalue weighted by Gasteiger charge is 2.02. The summed E-state index contributed by atoms with van der Waals surface area (Å²) < 4.78 is 5.71. The zero-order valence-electron chi connectivity index (χ0n) is 12.0. The average molecular weight is 291 g/mol. The van der Waals surface area contributed by atoms with Crippen molar-refractivity contribution in [2.45, 2.75) is 13.0 Å². The molecule has 20 heavy (non-hydrogen) atoms. The van der Waals surface area contributed by atoms with E-state index in [2.05, 4.69) is 36.5 Å². The highest BCUT2D eigenvalue weighted by molar-refractivity contribution is 7.10. The van der Waals surface area contributed by atoms with Crippen LogP contribution >= 0.6 is 11.3 Å². The summed E-state index contributed by atoms with van der Waals surface area (Å²) >= 11 is 1.58. The van der Waals surface area contributed by atoms with Crippen LogP contribution in [0.4, 0.5) is 0 Å². The van der Waals surface area contributed by atoms with Gasteiger partial charge in [-0.05, 0) is 55.2 Å². The Morgan fingerprint density at radius 3 is 2.50 bits per heavy atom. The minimum atomic E-state index is 0.109. The molecule has 0 fully saturated rings. The highest BCUT2D eigenvalue weighted by Crippen LogP contribution is 2.27. The van der Waals surface area contributed by atoms with Gasteiger partial charge >= 0.3 is 0 Å². The van der Waals surface area contributed by atoms with Crippen molar-refractivity contribution in [1.29, 1.82) is 0 Å². The second-order valence-electron chi connectivity index (χ2n) is 4.99. The molecule has 1 aromatic heterocycles. The standard InChI is InChI=1S/C16H21NO2S/c1-17(2)8-3-9-19-15-6-4-13(5-7-15)14-10-16(11-18)20-12-14/h4-7,10,12,18H,3,8-9,11H2,1-2H3. The smallest absolute Gasteiger partial charge is 0.119 e. The Kier molecular flexibility index (Phi) is 5.59. The van der Waals surface area contributed by atoms with Gasteiger partial charge in [0.05, 0.1) is 13.2 Å². The van der Waals surface area contributed by atoms with E-state index in [0.717, 1.165) is 41.3 Å². The molecule has 0 unspecified atom stereocenters. The van der Waals surface area contributed by atoms with Gasteiger partial charge in [-0.25, -0.2) is 0 Å². The number of aliphatic hydroxyl groups is 1. The van der Waals surface area contributed by atoms with E-state index >= 15 is 0 Å². The number of thiophene rings is 1. The second kappa shape index (κ2) is 7.43. The molecule has 1 aromatic carbocycles. The van der Waals surface area contributed by atoms with Crippen molar-refractivity contribution >= 4 is 11.3 Å². The van der Waals surface area contributed by atoms with Gasteiger partial charge in [0.25, 0.3) is 0 Å². The molecule has 2 rings (SSSR count). The quantitative estimate of drug-likeness (QED) is 0.795. The van der Waals surface area contributed by atoms with Gasteiger partial charge in [0.15, 0.2) is 0 Å². The number of nitrogens with zero attached hydrogens (tertiary/aromatic N) is 1. The van der Waals surface area contributed by atoms with Crippen LogP contribution in [0, 0.1) is 0 Å². The van der Waals surface area contributed by atoms with Gasteiger partial charge < -0.3 is 14.7 Å². The van der Waals surface area contributed by atoms with Gasteiger partial charge in [-0.3, -0.25) is 0 Å². The lowest BCUT2D eigenvalue weighted by Gasteiger charge is -2.10. The molecular formula is C16H21NO2S. The molecular weight excluding hydrogens is 270 g/mol. The summed E-state index contributed by atoms with van der Waals surface area (Å²) in [5.74, 6) is 0.908. The fourth-order valence-electron chi connectivity index (χ4n) is 1.93.